The molecule has 0 spiro atoms. The van der Waals surface area contributed by atoms with Gasteiger partial charge in [0.15, 0.2) is 0 Å². The summed E-state index contributed by atoms with van der Waals surface area (Å²) < 4.78 is 6.08. The predicted octanol–water partition coefficient (Wildman–Crippen LogP) is 6.96. The van der Waals surface area contributed by atoms with E-state index in [1.807, 2.05) is 7.11 Å². The first kappa shape index (κ1) is 23.3. The summed E-state index contributed by atoms with van der Waals surface area (Å²) in [5, 5.41) is 10.3. The highest BCUT2D eigenvalue weighted by molar-refractivity contribution is 5.38. The van der Waals surface area contributed by atoms with Crippen LogP contribution in [0.5, 0.6) is 0 Å². The monoisotopic (exact) mass is 426 g/mol. The average molecular weight is 427 g/mol. The average Bonchev–Trinajstić information content (AvgIpc) is 3.24. The van der Waals surface area contributed by atoms with Gasteiger partial charge in [-0.05, 0) is 91.4 Å². The number of aliphatic hydroxyl groups excluding tert-OH is 1. The molecule has 0 heterocycles. The van der Waals surface area contributed by atoms with Crippen molar-refractivity contribution in [2.24, 2.45) is 46.3 Å². The summed E-state index contributed by atoms with van der Waals surface area (Å²) in [5.41, 5.74) is 3.09. The minimum absolute atomic E-state index is 0.00995. The molecule has 4 aliphatic carbocycles. The van der Waals surface area contributed by atoms with E-state index in [9.17, 15) is 5.11 Å². The number of hydrogen-bond donors (Lipinski definition) is 1. The molecule has 0 bridgehead atoms. The second kappa shape index (κ2) is 8.49. The second-order valence-electron chi connectivity index (χ2n) is 12.1. The van der Waals surface area contributed by atoms with Gasteiger partial charge in [-0.3, -0.25) is 0 Å². The Bertz CT molecular complexity index is 748. The summed E-state index contributed by atoms with van der Waals surface area (Å²) in [6.07, 6.45) is 15.8. The lowest BCUT2D eigenvalue weighted by atomic mass is 9.61. The van der Waals surface area contributed by atoms with Gasteiger partial charge in [-0.15, -0.1) is 0 Å². The van der Waals surface area contributed by atoms with Gasteiger partial charge in [0, 0.05) is 12.5 Å². The molecule has 0 aromatic carbocycles. The van der Waals surface area contributed by atoms with E-state index in [1.165, 1.54) is 32.1 Å². The Morgan fingerprint density at radius 1 is 1.16 bits per heavy atom. The van der Waals surface area contributed by atoms with E-state index in [2.05, 4.69) is 59.4 Å². The third-order valence-electron chi connectivity index (χ3n) is 10.2. The van der Waals surface area contributed by atoms with Crippen LogP contribution in [0.4, 0.5) is 0 Å². The molecule has 31 heavy (non-hydrogen) atoms. The summed E-state index contributed by atoms with van der Waals surface area (Å²) >= 11 is 0. The fraction of sp³-hybridized carbons (Fsp3) is 0.793. The molecule has 4 saturated carbocycles. The van der Waals surface area contributed by atoms with Crippen molar-refractivity contribution in [2.45, 2.75) is 91.8 Å². The Morgan fingerprint density at radius 2 is 1.90 bits per heavy atom. The fourth-order valence-electron chi connectivity index (χ4n) is 7.76. The molecule has 0 aromatic heterocycles. The van der Waals surface area contributed by atoms with Gasteiger partial charge in [0.05, 0.1) is 12.2 Å². The lowest BCUT2D eigenvalue weighted by Gasteiger charge is -2.44. The quantitative estimate of drug-likeness (QED) is 0.446. The first-order valence-corrected chi connectivity index (χ1v) is 12.9. The van der Waals surface area contributed by atoms with Crippen molar-refractivity contribution in [1.29, 1.82) is 0 Å². The van der Waals surface area contributed by atoms with Crippen LogP contribution in [-0.2, 0) is 4.74 Å². The fourth-order valence-corrected chi connectivity index (χ4v) is 7.76. The van der Waals surface area contributed by atoms with Crippen molar-refractivity contribution in [3.63, 3.8) is 0 Å². The molecule has 0 amide bonds. The van der Waals surface area contributed by atoms with Crippen LogP contribution in [0.3, 0.4) is 0 Å². The van der Waals surface area contributed by atoms with E-state index < -0.39 is 0 Å². The van der Waals surface area contributed by atoms with Crippen LogP contribution in [0.1, 0.15) is 79.6 Å². The lowest BCUT2D eigenvalue weighted by molar-refractivity contribution is 0.0797. The van der Waals surface area contributed by atoms with Crippen LogP contribution < -0.4 is 0 Å². The molecule has 0 aromatic rings. The van der Waals surface area contributed by atoms with Crippen LogP contribution in [0.2, 0.25) is 0 Å². The third-order valence-corrected chi connectivity index (χ3v) is 10.2. The molecule has 4 fully saturated rings. The molecule has 174 valence electrons. The van der Waals surface area contributed by atoms with Crippen molar-refractivity contribution in [3.05, 3.63) is 36.0 Å². The number of hydrogen-bond acceptors (Lipinski definition) is 2. The lowest BCUT2D eigenvalue weighted by Crippen LogP contribution is -2.36. The Labute approximate surface area is 191 Å². The summed E-state index contributed by atoms with van der Waals surface area (Å²) in [7, 11) is 1.85. The van der Waals surface area contributed by atoms with Crippen LogP contribution in [0.25, 0.3) is 0 Å². The molecule has 2 heteroatoms. The highest BCUT2D eigenvalue weighted by atomic mass is 16.5. The Balaban J connectivity index is 1.53. The molecular weight excluding hydrogens is 380 g/mol. The largest absolute Gasteiger partial charge is 0.389 e. The van der Waals surface area contributed by atoms with Crippen molar-refractivity contribution in [1.82, 2.24) is 0 Å². The zero-order valence-corrected chi connectivity index (χ0v) is 20.9. The molecule has 0 aliphatic heterocycles. The maximum Gasteiger partial charge on any atom is 0.0851 e. The van der Waals surface area contributed by atoms with E-state index in [4.69, 9.17) is 4.74 Å². The Kier molecular flexibility index (Phi) is 6.38. The van der Waals surface area contributed by atoms with Crippen LogP contribution >= 0.6 is 0 Å². The minimum Gasteiger partial charge on any atom is -0.389 e. The van der Waals surface area contributed by atoms with Crippen LogP contribution in [0.15, 0.2) is 36.0 Å². The Hall–Kier alpha value is -0.860. The number of rotatable bonds is 7. The van der Waals surface area contributed by atoms with Crippen LogP contribution in [0, 0.1) is 46.3 Å². The minimum atomic E-state index is -0.330. The van der Waals surface area contributed by atoms with Crippen molar-refractivity contribution in [2.75, 3.05) is 7.11 Å². The van der Waals surface area contributed by atoms with Gasteiger partial charge in [-0.2, -0.15) is 0 Å². The van der Waals surface area contributed by atoms with E-state index in [-0.39, 0.29) is 17.6 Å². The normalized spacial score (nSPS) is 44.0. The first-order chi connectivity index (χ1) is 14.6. The summed E-state index contributed by atoms with van der Waals surface area (Å²) in [5.74, 6) is 4.03. The van der Waals surface area contributed by atoms with Gasteiger partial charge in [0.1, 0.15) is 0 Å². The first-order valence-electron chi connectivity index (χ1n) is 12.9. The van der Waals surface area contributed by atoms with Crippen molar-refractivity contribution >= 4 is 0 Å². The van der Waals surface area contributed by atoms with Gasteiger partial charge < -0.3 is 9.84 Å². The molecule has 0 radical (unpaired) electrons. The molecule has 0 saturated heterocycles. The molecule has 4 aliphatic rings. The number of methoxy groups -OCH3 is 1. The summed E-state index contributed by atoms with van der Waals surface area (Å²) in [6.45, 7) is 16.3. The van der Waals surface area contributed by atoms with Gasteiger partial charge in [-0.1, -0.05) is 65.0 Å². The molecule has 9 atom stereocenters. The molecule has 1 unspecified atom stereocenters. The zero-order chi connectivity index (χ0) is 22.6. The van der Waals surface area contributed by atoms with Gasteiger partial charge in [0.2, 0.25) is 0 Å². The highest BCUT2D eigenvalue weighted by Gasteiger charge is 2.66. The summed E-state index contributed by atoms with van der Waals surface area (Å²) in [4.78, 5) is 0. The maximum atomic E-state index is 10.3. The molecule has 4 rings (SSSR count). The third kappa shape index (κ3) is 3.80. The van der Waals surface area contributed by atoms with Gasteiger partial charge in [-0.25, -0.2) is 0 Å². The SMILES string of the molecule is C=C1[C@@H](O)C[C@@H]2CC12[C@@H](/C=C1\CCC[C@]2(C)[C@@H]([C@H](C)/C=C/[C@H](C)C(C)C)CC[C@@H]12)OC. The smallest absolute Gasteiger partial charge is 0.0851 e. The maximum absolute atomic E-state index is 10.3. The standard InChI is InChI=1S/C29H46O2/c1-18(2)19(3)10-11-20(4)24-12-13-25-22(9-8-14-28(24,25)6)15-27(31-7)29-17-23(29)16-26(30)21(29)5/h10-11,15,18-20,23-27,30H,5,8-9,12-14,16-17H2,1-4,6-7H3/b11-10+,22-15+/t19-,20+,23+,24+,25-,26-,27+,28+,29?/m0/s1. The number of fused-ring (bicyclic) bond motifs is 2. The Morgan fingerprint density at radius 3 is 2.52 bits per heavy atom. The van der Waals surface area contributed by atoms with Crippen LogP contribution in [-0.4, -0.2) is 24.4 Å². The van der Waals surface area contributed by atoms with Gasteiger partial charge in [0.25, 0.3) is 0 Å². The molecular formula is C29H46O2. The highest BCUT2D eigenvalue weighted by Crippen LogP contribution is 2.69. The van der Waals surface area contributed by atoms with Crippen molar-refractivity contribution in [3.8, 4) is 0 Å². The predicted molar refractivity (Wildman–Crippen MR) is 130 cm³/mol. The van der Waals surface area contributed by atoms with E-state index in [1.54, 1.807) is 5.57 Å². The number of allylic oxidation sites excluding steroid dienone is 3. The van der Waals surface area contributed by atoms with Crippen molar-refractivity contribution < 1.29 is 9.84 Å². The zero-order valence-electron chi connectivity index (χ0n) is 20.9. The molecule has 1 N–H and O–H groups in total. The summed E-state index contributed by atoms with van der Waals surface area (Å²) in [6, 6.07) is 0. The number of aliphatic hydroxyl groups is 1. The van der Waals surface area contributed by atoms with E-state index in [0.717, 1.165) is 24.3 Å². The van der Waals surface area contributed by atoms with Gasteiger partial charge >= 0.3 is 0 Å². The van der Waals surface area contributed by atoms with E-state index in [0.29, 0.717) is 35.0 Å². The molecule has 2 nitrogen and oxygen atoms in total. The topological polar surface area (TPSA) is 29.5 Å². The van der Waals surface area contributed by atoms with E-state index >= 15 is 0 Å². The second-order valence-corrected chi connectivity index (χ2v) is 12.1. The number of ether oxygens (including phenoxy) is 1.